The molecular weight excluding hydrogens is 314 g/mol. The number of nitrogens with zero attached hydrogens (tertiary/aromatic N) is 2. The molecular formula is C12H14BrN3OS. The van der Waals surface area contributed by atoms with Crippen LogP contribution in [0.15, 0.2) is 22.7 Å². The molecule has 6 heteroatoms. The molecule has 2 N–H and O–H groups in total. The highest BCUT2D eigenvalue weighted by Crippen LogP contribution is 2.35. The smallest absolute Gasteiger partial charge is 0.298 e. The van der Waals surface area contributed by atoms with Gasteiger partial charge in [0.05, 0.1) is 4.47 Å². The molecule has 0 saturated carbocycles. The molecule has 0 spiro atoms. The minimum atomic E-state index is -0.0783. The van der Waals surface area contributed by atoms with E-state index in [1.165, 1.54) is 11.5 Å². The van der Waals surface area contributed by atoms with Crippen molar-refractivity contribution in [2.75, 3.05) is 5.73 Å². The van der Waals surface area contributed by atoms with Crippen LogP contribution in [0.25, 0.3) is 0 Å². The highest BCUT2D eigenvalue weighted by atomic mass is 79.9. The second kappa shape index (κ2) is 4.85. The first-order chi connectivity index (χ1) is 8.38. The molecule has 0 unspecified atom stereocenters. The Bertz CT molecular complexity index is 563. The van der Waals surface area contributed by atoms with E-state index in [4.69, 9.17) is 10.5 Å². The van der Waals surface area contributed by atoms with Gasteiger partial charge >= 0.3 is 0 Å². The fraction of sp³-hybridized carbons (Fsp3) is 0.333. The predicted molar refractivity (Wildman–Crippen MR) is 77.2 cm³/mol. The van der Waals surface area contributed by atoms with Gasteiger partial charge in [-0.05, 0) is 28.1 Å². The Hall–Kier alpha value is -1.14. The van der Waals surface area contributed by atoms with E-state index in [1.54, 1.807) is 6.07 Å². The van der Waals surface area contributed by atoms with E-state index in [1.807, 2.05) is 12.1 Å². The van der Waals surface area contributed by atoms with Crippen molar-refractivity contribution in [3.05, 3.63) is 28.5 Å². The molecule has 4 nitrogen and oxygen atoms in total. The van der Waals surface area contributed by atoms with Crippen LogP contribution in [0.4, 0.5) is 5.69 Å². The number of benzene rings is 1. The maximum absolute atomic E-state index is 5.79. The zero-order valence-corrected chi connectivity index (χ0v) is 12.8. The van der Waals surface area contributed by atoms with E-state index in [-0.39, 0.29) is 5.41 Å². The third-order valence-corrected chi connectivity index (χ3v) is 3.71. The third-order valence-electron chi connectivity index (χ3n) is 2.27. The van der Waals surface area contributed by atoms with Gasteiger partial charge in [-0.15, -0.1) is 0 Å². The molecule has 1 heterocycles. The lowest BCUT2D eigenvalue weighted by Gasteiger charge is -2.12. The summed E-state index contributed by atoms with van der Waals surface area (Å²) in [5.41, 5.74) is 6.34. The SMILES string of the molecule is CC(C)(C)c1nsc(Oc2cccc(N)c2Br)n1. The highest BCUT2D eigenvalue weighted by molar-refractivity contribution is 9.10. The number of ether oxygens (including phenoxy) is 1. The van der Waals surface area contributed by atoms with E-state index in [0.29, 0.717) is 16.6 Å². The molecule has 2 aromatic rings. The summed E-state index contributed by atoms with van der Waals surface area (Å²) < 4.78 is 10.7. The van der Waals surface area contributed by atoms with Crippen LogP contribution < -0.4 is 10.5 Å². The molecule has 96 valence electrons. The number of halogens is 1. The lowest BCUT2D eigenvalue weighted by molar-refractivity contribution is 0.466. The average Bonchev–Trinajstić information content (AvgIpc) is 2.73. The van der Waals surface area contributed by atoms with E-state index < -0.39 is 0 Å². The van der Waals surface area contributed by atoms with E-state index in [0.717, 1.165) is 10.3 Å². The van der Waals surface area contributed by atoms with Gasteiger partial charge in [-0.2, -0.15) is 9.36 Å². The zero-order valence-electron chi connectivity index (χ0n) is 10.4. The monoisotopic (exact) mass is 327 g/mol. The molecule has 0 amide bonds. The Morgan fingerprint density at radius 2 is 2.06 bits per heavy atom. The summed E-state index contributed by atoms with van der Waals surface area (Å²) in [4.78, 5) is 4.37. The van der Waals surface area contributed by atoms with Crippen LogP contribution in [0.3, 0.4) is 0 Å². The first-order valence-electron chi connectivity index (χ1n) is 5.44. The molecule has 18 heavy (non-hydrogen) atoms. The van der Waals surface area contributed by atoms with Crippen LogP contribution in [-0.2, 0) is 5.41 Å². The van der Waals surface area contributed by atoms with Gasteiger partial charge in [0.1, 0.15) is 5.75 Å². The summed E-state index contributed by atoms with van der Waals surface area (Å²) in [6.45, 7) is 6.19. The van der Waals surface area contributed by atoms with Crippen molar-refractivity contribution in [3.63, 3.8) is 0 Å². The first kappa shape index (κ1) is 13.3. The van der Waals surface area contributed by atoms with Gasteiger partial charge in [0.15, 0.2) is 5.82 Å². The minimum Gasteiger partial charge on any atom is -0.429 e. The number of hydrogen-bond donors (Lipinski definition) is 1. The maximum Gasteiger partial charge on any atom is 0.298 e. The second-order valence-corrected chi connectivity index (χ2v) is 6.40. The predicted octanol–water partition coefficient (Wildman–Crippen LogP) is 3.97. The topological polar surface area (TPSA) is 61.0 Å². The molecule has 1 aromatic carbocycles. The summed E-state index contributed by atoms with van der Waals surface area (Å²) in [5.74, 6) is 1.43. The highest BCUT2D eigenvalue weighted by Gasteiger charge is 2.20. The molecule has 1 aromatic heterocycles. The molecule has 0 saturated heterocycles. The van der Waals surface area contributed by atoms with Gasteiger partial charge in [-0.3, -0.25) is 0 Å². The van der Waals surface area contributed by atoms with Crippen LogP contribution in [0.2, 0.25) is 0 Å². The Kier molecular flexibility index (Phi) is 3.59. The molecule has 0 aliphatic heterocycles. The lowest BCUT2D eigenvalue weighted by Crippen LogP contribution is -2.12. The van der Waals surface area contributed by atoms with Crippen molar-refractivity contribution < 1.29 is 4.74 Å². The number of nitrogen functional groups attached to an aromatic ring is 1. The van der Waals surface area contributed by atoms with Crippen LogP contribution >= 0.6 is 27.5 Å². The molecule has 0 aliphatic carbocycles. The Balaban J connectivity index is 2.24. The second-order valence-electron chi connectivity index (χ2n) is 4.90. The maximum atomic E-state index is 5.79. The van der Waals surface area contributed by atoms with Crippen molar-refractivity contribution in [1.29, 1.82) is 0 Å². The van der Waals surface area contributed by atoms with Gasteiger partial charge in [0, 0.05) is 22.6 Å². The molecule has 0 radical (unpaired) electrons. The van der Waals surface area contributed by atoms with E-state index in [9.17, 15) is 0 Å². The van der Waals surface area contributed by atoms with Crippen molar-refractivity contribution in [3.8, 4) is 10.9 Å². The quantitative estimate of drug-likeness (QED) is 0.847. The first-order valence-corrected chi connectivity index (χ1v) is 7.00. The number of hydrogen-bond acceptors (Lipinski definition) is 5. The van der Waals surface area contributed by atoms with Crippen LogP contribution in [-0.4, -0.2) is 9.36 Å². The molecule has 0 bridgehead atoms. The van der Waals surface area contributed by atoms with Crippen LogP contribution in [0.1, 0.15) is 26.6 Å². The van der Waals surface area contributed by atoms with Crippen LogP contribution in [0.5, 0.6) is 10.9 Å². The zero-order chi connectivity index (χ0) is 13.3. The number of anilines is 1. The summed E-state index contributed by atoms with van der Waals surface area (Å²) in [6, 6.07) is 5.47. The number of rotatable bonds is 2. The molecule has 0 fully saturated rings. The van der Waals surface area contributed by atoms with Gasteiger partial charge in [0.2, 0.25) is 0 Å². The lowest BCUT2D eigenvalue weighted by atomic mass is 9.96. The van der Waals surface area contributed by atoms with Crippen molar-refractivity contribution >= 4 is 33.1 Å². The molecule has 0 atom stereocenters. The van der Waals surface area contributed by atoms with E-state index >= 15 is 0 Å². The average molecular weight is 328 g/mol. The fourth-order valence-electron chi connectivity index (χ4n) is 1.26. The Morgan fingerprint density at radius 3 is 2.67 bits per heavy atom. The van der Waals surface area contributed by atoms with E-state index in [2.05, 4.69) is 46.1 Å². The van der Waals surface area contributed by atoms with Gasteiger partial charge in [-0.1, -0.05) is 26.8 Å². The minimum absolute atomic E-state index is 0.0783. The fourth-order valence-corrected chi connectivity index (χ4v) is 2.34. The summed E-state index contributed by atoms with van der Waals surface area (Å²) in [5, 5.41) is 0.520. The standard InChI is InChI=1S/C12H14BrN3OS/c1-12(2,3)10-15-11(18-16-10)17-8-6-4-5-7(14)9(8)13/h4-6H,14H2,1-3H3. The number of aromatic nitrogens is 2. The van der Waals surface area contributed by atoms with Gasteiger partial charge < -0.3 is 10.5 Å². The van der Waals surface area contributed by atoms with Crippen molar-refractivity contribution in [2.24, 2.45) is 0 Å². The van der Waals surface area contributed by atoms with Crippen molar-refractivity contribution in [2.45, 2.75) is 26.2 Å². The summed E-state index contributed by atoms with van der Waals surface area (Å²) >= 11 is 4.63. The summed E-state index contributed by atoms with van der Waals surface area (Å²) in [7, 11) is 0. The third kappa shape index (κ3) is 2.81. The van der Waals surface area contributed by atoms with Gasteiger partial charge in [0.25, 0.3) is 5.19 Å². The Morgan fingerprint density at radius 1 is 1.33 bits per heavy atom. The largest absolute Gasteiger partial charge is 0.429 e. The summed E-state index contributed by atoms with van der Waals surface area (Å²) in [6.07, 6.45) is 0. The van der Waals surface area contributed by atoms with Gasteiger partial charge in [-0.25, -0.2) is 0 Å². The normalized spacial score (nSPS) is 11.6. The molecule has 2 rings (SSSR count). The Labute approximate surface area is 118 Å². The number of nitrogens with two attached hydrogens (primary N) is 1. The van der Waals surface area contributed by atoms with Crippen LogP contribution in [0, 0.1) is 0 Å². The molecule has 0 aliphatic rings. The van der Waals surface area contributed by atoms with Crippen molar-refractivity contribution in [1.82, 2.24) is 9.36 Å².